The number of nitrogens with one attached hydrogen (secondary N) is 2. The van der Waals surface area contributed by atoms with Crippen LogP contribution in [0.4, 0.5) is 0 Å². The number of amides is 1. The van der Waals surface area contributed by atoms with Crippen molar-refractivity contribution >= 4 is 5.91 Å². The van der Waals surface area contributed by atoms with Crippen molar-refractivity contribution in [3.05, 3.63) is 29.8 Å². The van der Waals surface area contributed by atoms with Gasteiger partial charge < -0.3 is 15.4 Å². The Morgan fingerprint density at radius 3 is 2.94 bits per heavy atom. The van der Waals surface area contributed by atoms with E-state index in [1.807, 2.05) is 24.3 Å². The Morgan fingerprint density at radius 1 is 1.44 bits per heavy atom. The van der Waals surface area contributed by atoms with Crippen LogP contribution in [0.15, 0.2) is 24.3 Å². The molecule has 1 fully saturated rings. The smallest absolute Gasteiger partial charge is 0.223 e. The van der Waals surface area contributed by atoms with Crippen LogP contribution >= 0.6 is 0 Å². The molecule has 4 heteroatoms. The molecule has 4 nitrogen and oxygen atoms in total. The topological polar surface area (TPSA) is 50.4 Å². The van der Waals surface area contributed by atoms with E-state index in [4.69, 9.17) is 4.74 Å². The van der Waals surface area contributed by atoms with E-state index in [1.165, 1.54) is 0 Å². The highest BCUT2D eigenvalue weighted by molar-refractivity contribution is 5.78. The molecule has 2 N–H and O–H groups in total. The highest BCUT2D eigenvalue weighted by atomic mass is 16.5. The Bertz CT molecular complexity index is 401. The van der Waals surface area contributed by atoms with Gasteiger partial charge in [-0.3, -0.25) is 4.79 Å². The molecule has 98 valence electrons. The van der Waals surface area contributed by atoms with E-state index in [2.05, 4.69) is 10.6 Å². The van der Waals surface area contributed by atoms with Gasteiger partial charge in [0.2, 0.25) is 5.91 Å². The molecule has 1 aliphatic rings. The van der Waals surface area contributed by atoms with E-state index in [9.17, 15) is 4.79 Å². The maximum absolute atomic E-state index is 12.0. The summed E-state index contributed by atoms with van der Waals surface area (Å²) in [4.78, 5) is 12.0. The number of rotatable bonds is 4. The Labute approximate surface area is 108 Å². The average molecular weight is 248 g/mol. The van der Waals surface area contributed by atoms with Gasteiger partial charge >= 0.3 is 0 Å². The molecule has 0 radical (unpaired) electrons. The van der Waals surface area contributed by atoms with E-state index >= 15 is 0 Å². The van der Waals surface area contributed by atoms with Crippen molar-refractivity contribution in [3.63, 3.8) is 0 Å². The predicted octanol–water partition coefficient (Wildman–Crippen LogP) is 1.31. The highest BCUT2D eigenvalue weighted by Gasteiger charge is 2.20. The molecule has 1 aromatic carbocycles. The fraction of sp³-hybridized carbons (Fsp3) is 0.500. The predicted molar refractivity (Wildman–Crippen MR) is 70.4 cm³/mol. The van der Waals surface area contributed by atoms with Crippen molar-refractivity contribution in [2.75, 3.05) is 20.2 Å². The molecule has 0 unspecified atom stereocenters. The number of hydrogen-bond acceptors (Lipinski definition) is 3. The molecule has 0 spiro atoms. The summed E-state index contributed by atoms with van der Waals surface area (Å²) in [5, 5.41) is 6.26. The first-order valence-electron chi connectivity index (χ1n) is 6.41. The van der Waals surface area contributed by atoms with Gasteiger partial charge in [-0.05, 0) is 43.6 Å². The SMILES string of the molecule is COc1cccc(CNC(=O)C2CCNCC2)c1. The number of carbonyl (C=O) groups excluding carboxylic acids is 1. The summed E-state index contributed by atoms with van der Waals surface area (Å²) in [5.74, 6) is 1.15. The first-order valence-corrected chi connectivity index (χ1v) is 6.41. The van der Waals surface area contributed by atoms with Crippen LogP contribution in [-0.2, 0) is 11.3 Å². The summed E-state index contributed by atoms with van der Waals surface area (Å²) in [6.45, 7) is 2.45. The first-order chi connectivity index (χ1) is 8.79. The van der Waals surface area contributed by atoms with E-state index < -0.39 is 0 Å². The number of carbonyl (C=O) groups is 1. The largest absolute Gasteiger partial charge is 0.497 e. The van der Waals surface area contributed by atoms with Gasteiger partial charge in [-0.2, -0.15) is 0 Å². The minimum atomic E-state index is 0.164. The third kappa shape index (κ3) is 3.47. The maximum atomic E-state index is 12.0. The molecule has 18 heavy (non-hydrogen) atoms. The molecule has 1 aliphatic heterocycles. The molecular weight excluding hydrogens is 228 g/mol. The summed E-state index contributed by atoms with van der Waals surface area (Å²) in [7, 11) is 1.65. The normalized spacial score (nSPS) is 16.3. The van der Waals surface area contributed by atoms with E-state index in [0.717, 1.165) is 37.2 Å². The molecule has 0 aromatic heterocycles. The molecule has 0 saturated carbocycles. The first kappa shape index (κ1) is 12.9. The summed E-state index contributed by atoms with van der Waals surface area (Å²) in [5.41, 5.74) is 1.07. The van der Waals surface area contributed by atoms with Crippen molar-refractivity contribution in [3.8, 4) is 5.75 Å². The van der Waals surface area contributed by atoms with Crippen LogP contribution in [0, 0.1) is 5.92 Å². The molecule has 1 heterocycles. The van der Waals surface area contributed by atoms with Gasteiger partial charge in [0.1, 0.15) is 5.75 Å². The van der Waals surface area contributed by atoms with Crippen molar-refractivity contribution in [1.82, 2.24) is 10.6 Å². The molecule has 1 saturated heterocycles. The summed E-state index contributed by atoms with van der Waals surface area (Å²) in [6.07, 6.45) is 1.87. The third-order valence-electron chi connectivity index (χ3n) is 3.31. The quantitative estimate of drug-likeness (QED) is 0.844. The van der Waals surface area contributed by atoms with Crippen molar-refractivity contribution in [2.24, 2.45) is 5.92 Å². The lowest BCUT2D eigenvalue weighted by atomic mass is 9.97. The Kier molecular flexibility index (Phi) is 4.59. The van der Waals surface area contributed by atoms with Crippen LogP contribution < -0.4 is 15.4 Å². The van der Waals surface area contributed by atoms with Gasteiger partial charge in [0.15, 0.2) is 0 Å². The van der Waals surface area contributed by atoms with Gasteiger partial charge in [-0.25, -0.2) is 0 Å². The maximum Gasteiger partial charge on any atom is 0.223 e. The summed E-state index contributed by atoms with van der Waals surface area (Å²) in [6, 6.07) is 7.77. The minimum absolute atomic E-state index is 0.164. The summed E-state index contributed by atoms with van der Waals surface area (Å²) >= 11 is 0. The molecule has 2 rings (SSSR count). The van der Waals surface area contributed by atoms with E-state index in [0.29, 0.717) is 6.54 Å². The van der Waals surface area contributed by atoms with Crippen LogP contribution in [0.1, 0.15) is 18.4 Å². The van der Waals surface area contributed by atoms with Crippen LogP contribution in [0.25, 0.3) is 0 Å². The third-order valence-corrected chi connectivity index (χ3v) is 3.31. The Balaban J connectivity index is 1.84. The van der Waals surface area contributed by atoms with Crippen molar-refractivity contribution in [2.45, 2.75) is 19.4 Å². The van der Waals surface area contributed by atoms with Crippen LogP contribution in [-0.4, -0.2) is 26.1 Å². The molecule has 1 aromatic rings. The molecule has 0 bridgehead atoms. The number of hydrogen-bond donors (Lipinski definition) is 2. The minimum Gasteiger partial charge on any atom is -0.497 e. The average Bonchev–Trinajstić information content (AvgIpc) is 2.46. The van der Waals surface area contributed by atoms with Crippen LogP contribution in [0.5, 0.6) is 5.75 Å². The lowest BCUT2D eigenvalue weighted by Gasteiger charge is -2.21. The van der Waals surface area contributed by atoms with Crippen LogP contribution in [0.3, 0.4) is 0 Å². The highest BCUT2D eigenvalue weighted by Crippen LogP contribution is 2.14. The Morgan fingerprint density at radius 2 is 2.22 bits per heavy atom. The fourth-order valence-corrected chi connectivity index (χ4v) is 2.20. The zero-order chi connectivity index (χ0) is 12.8. The molecule has 0 atom stereocenters. The zero-order valence-corrected chi connectivity index (χ0v) is 10.7. The number of ether oxygens (including phenoxy) is 1. The van der Waals surface area contributed by atoms with Gasteiger partial charge in [-0.15, -0.1) is 0 Å². The standard InChI is InChI=1S/C14H20N2O2/c1-18-13-4-2-3-11(9-13)10-16-14(17)12-5-7-15-8-6-12/h2-4,9,12,15H,5-8,10H2,1H3,(H,16,17). The molecule has 1 amide bonds. The number of piperidine rings is 1. The van der Waals surface area contributed by atoms with Crippen molar-refractivity contribution in [1.29, 1.82) is 0 Å². The van der Waals surface area contributed by atoms with E-state index in [-0.39, 0.29) is 11.8 Å². The number of methoxy groups -OCH3 is 1. The monoisotopic (exact) mass is 248 g/mol. The number of benzene rings is 1. The fourth-order valence-electron chi connectivity index (χ4n) is 2.20. The zero-order valence-electron chi connectivity index (χ0n) is 10.7. The van der Waals surface area contributed by atoms with Gasteiger partial charge in [0, 0.05) is 12.5 Å². The van der Waals surface area contributed by atoms with Gasteiger partial charge in [0.25, 0.3) is 0 Å². The lowest BCUT2D eigenvalue weighted by Crippen LogP contribution is -2.37. The second-order valence-electron chi connectivity index (χ2n) is 4.59. The Hall–Kier alpha value is -1.55. The summed E-state index contributed by atoms with van der Waals surface area (Å²) < 4.78 is 5.16. The second kappa shape index (κ2) is 6.40. The van der Waals surface area contributed by atoms with E-state index in [1.54, 1.807) is 7.11 Å². The lowest BCUT2D eigenvalue weighted by molar-refractivity contribution is -0.125. The van der Waals surface area contributed by atoms with Crippen LogP contribution in [0.2, 0.25) is 0 Å². The second-order valence-corrected chi connectivity index (χ2v) is 4.59. The van der Waals surface area contributed by atoms with Gasteiger partial charge in [0.05, 0.1) is 7.11 Å². The molecule has 0 aliphatic carbocycles. The molecular formula is C14H20N2O2. The van der Waals surface area contributed by atoms with Crippen molar-refractivity contribution < 1.29 is 9.53 Å². The van der Waals surface area contributed by atoms with Gasteiger partial charge in [-0.1, -0.05) is 12.1 Å².